The lowest BCUT2D eigenvalue weighted by Gasteiger charge is -2.15. The summed E-state index contributed by atoms with van der Waals surface area (Å²) >= 11 is 0. The van der Waals surface area contributed by atoms with E-state index in [0.29, 0.717) is 6.42 Å². The number of hydrogen-bond donors (Lipinski definition) is 2. The molecule has 1 aromatic carbocycles. The minimum atomic E-state index is -0.310. The Morgan fingerprint density at radius 3 is 3.00 bits per heavy atom. The number of amides is 1. The Labute approximate surface area is 99.8 Å². The Morgan fingerprint density at radius 2 is 2.29 bits per heavy atom. The van der Waals surface area contributed by atoms with Crippen LogP contribution in [-0.4, -0.2) is 17.9 Å². The summed E-state index contributed by atoms with van der Waals surface area (Å²) in [7, 11) is 1.82. The smallest absolute Gasteiger partial charge is 0.219 e. The number of fused-ring (bicyclic) bond motifs is 1. The van der Waals surface area contributed by atoms with Crippen molar-refractivity contribution in [2.24, 2.45) is 5.73 Å². The lowest BCUT2D eigenvalue weighted by atomic mass is 10.0. The molecule has 1 aromatic heterocycles. The molecule has 1 unspecified atom stereocenters. The number of aromatic nitrogens is 1. The van der Waals surface area contributed by atoms with Gasteiger partial charge in [-0.2, -0.15) is 0 Å². The van der Waals surface area contributed by atoms with Gasteiger partial charge in [0.05, 0.1) is 5.52 Å². The Bertz CT molecular complexity index is 539. The van der Waals surface area contributed by atoms with E-state index in [1.165, 1.54) is 0 Å². The molecule has 0 radical (unpaired) electrons. The van der Waals surface area contributed by atoms with E-state index in [4.69, 9.17) is 5.73 Å². The van der Waals surface area contributed by atoms with Gasteiger partial charge in [-0.15, -0.1) is 0 Å². The monoisotopic (exact) mass is 229 g/mol. The van der Waals surface area contributed by atoms with Gasteiger partial charge >= 0.3 is 0 Å². The lowest BCUT2D eigenvalue weighted by molar-refractivity contribution is -0.118. The van der Waals surface area contributed by atoms with Gasteiger partial charge in [-0.3, -0.25) is 9.78 Å². The predicted octanol–water partition coefficient (Wildman–Crippen LogP) is 1.37. The molecule has 0 saturated heterocycles. The highest BCUT2D eigenvalue weighted by atomic mass is 16.1. The zero-order valence-electron chi connectivity index (χ0n) is 9.68. The van der Waals surface area contributed by atoms with Crippen molar-refractivity contribution in [2.45, 2.75) is 12.5 Å². The van der Waals surface area contributed by atoms with Crippen molar-refractivity contribution in [3.05, 3.63) is 42.1 Å². The standard InChI is InChI=1S/C13H15N3O/c1-15-12(8-13(14)17)10-4-5-11-9(7-10)3-2-6-16-11/h2-7,12,15H,8H2,1H3,(H2,14,17). The summed E-state index contributed by atoms with van der Waals surface area (Å²) in [5.41, 5.74) is 7.22. The van der Waals surface area contributed by atoms with Gasteiger partial charge in [0.15, 0.2) is 0 Å². The number of nitrogens with two attached hydrogens (primary N) is 1. The first-order chi connectivity index (χ1) is 8.20. The van der Waals surface area contributed by atoms with Crippen LogP contribution >= 0.6 is 0 Å². The molecule has 1 atom stereocenters. The van der Waals surface area contributed by atoms with E-state index in [9.17, 15) is 4.79 Å². The molecule has 0 aliphatic carbocycles. The summed E-state index contributed by atoms with van der Waals surface area (Å²) in [6.07, 6.45) is 2.06. The first-order valence-corrected chi connectivity index (χ1v) is 5.51. The molecule has 2 rings (SSSR count). The first-order valence-electron chi connectivity index (χ1n) is 5.51. The second kappa shape index (κ2) is 4.93. The number of rotatable bonds is 4. The highest BCUT2D eigenvalue weighted by Gasteiger charge is 2.12. The van der Waals surface area contributed by atoms with Crippen LogP contribution in [0, 0.1) is 0 Å². The number of carbonyl (C=O) groups is 1. The van der Waals surface area contributed by atoms with Gasteiger partial charge in [0.2, 0.25) is 5.91 Å². The van der Waals surface area contributed by atoms with E-state index < -0.39 is 0 Å². The normalized spacial score (nSPS) is 12.5. The Hall–Kier alpha value is -1.94. The van der Waals surface area contributed by atoms with E-state index >= 15 is 0 Å². The summed E-state index contributed by atoms with van der Waals surface area (Å²) in [6.45, 7) is 0. The quantitative estimate of drug-likeness (QED) is 0.832. The minimum absolute atomic E-state index is 0.0443. The third-order valence-corrected chi connectivity index (χ3v) is 2.78. The molecule has 0 saturated carbocycles. The third-order valence-electron chi connectivity index (χ3n) is 2.78. The van der Waals surface area contributed by atoms with Gasteiger partial charge < -0.3 is 11.1 Å². The van der Waals surface area contributed by atoms with Crippen molar-refractivity contribution in [1.82, 2.24) is 10.3 Å². The van der Waals surface area contributed by atoms with Crippen LogP contribution in [0.1, 0.15) is 18.0 Å². The molecule has 4 heteroatoms. The molecule has 1 amide bonds. The van der Waals surface area contributed by atoms with Crippen molar-refractivity contribution in [3.8, 4) is 0 Å². The maximum Gasteiger partial charge on any atom is 0.219 e. The molecule has 17 heavy (non-hydrogen) atoms. The summed E-state index contributed by atoms with van der Waals surface area (Å²) in [4.78, 5) is 15.2. The number of nitrogens with one attached hydrogen (secondary N) is 1. The number of nitrogens with zero attached hydrogens (tertiary/aromatic N) is 1. The molecular formula is C13H15N3O. The Kier molecular flexibility index (Phi) is 3.35. The second-order valence-electron chi connectivity index (χ2n) is 3.97. The van der Waals surface area contributed by atoms with Gasteiger partial charge in [-0.25, -0.2) is 0 Å². The van der Waals surface area contributed by atoms with Gasteiger partial charge in [0, 0.05) is 24.0 Å². The highest BCUT2D eigenvalue weighted by molar-refractivity contribution is 5.79. The molecule has 0 spiro atoms. The molecule has 1 heterocycles. The topological polar surface area (TPSA) is 68.0 Å². The van der Waals surface area contributed by atoms with E-state index in [-0.39, 0.29) is 11.9 Å². The SMILES string of the molecule is CNC(CC(N)=O)c1ccc2ncccc2c1. The fourth-order valence-electron chi connectivity index (χ4n) is 1.90. The van der Waals surface area contributed by atoms with Crippen LogP contribution in [0.4, 0.5) is 0 Å². The van der Waals surface area contributed by atoms with Crippen molar-refractivity contribution < 1.29 is 4.79 Å². The van der Waals surface area contributed by atoms with Crippen molar-refractivity contribution >= 4 is 16.8 Å². The largest absolute Gasteiger partial charge is 0.370 e. The van der Waals surface area contributed by atoms with Gasteiger partial charge in [-0.05, 0) is 30.8 Å². The molecule has 0 aliphatic rings. The highest BCUT2D eigenvalue weighted by Crippen LogP contribution is 2.20. The average Bonchev–Trinajstić information content (AvgIpc) is 2.35. The predicted molar refractivity (Wildman–Crippen MR) is 67.4 cm³/mol. The van der Waals surface area contributed by atoms with Crippen molar-refractivity contribution in [2.75, 3.05) is 7.05 Å². The maximum absolute atomic E-state index is 11.0. The Balaban J connectivity index is 2.37. The molecule has 0 bridgehead atoms. The van der Waals surface area contributed by atoms with Gasteiger partial charge in [0.1, 0.15) is 0 Å². The second-order valence-corrected chi connectivity index (χ2v) is 3.97. The van der Waals surface area contributed by atoms with Gasteiger partial charge in [-0.1, -0.05) is 12.1 Å². The zero-order chi connectivity index (χ0) is 12.3. The molecule has 4 nitrogen and oxygen atoms in total. The van der Waals surface area contributed by atoms with Gasteiger partial charge in [0.25, 0.3) is 0 Å². The fourth-order valence-corrected chi connectivity index (χ4v) is 1.90. The molecule has 0 aliphatic heterocycles. The number of primary amides is 1. The maximum atomic E-state index is 11.0. The van der Waals surface area contributed by atoms with Crippen LogP contribution in [0.25, 0.3) is 10.9 Å². The number of benzene rings is 1. The van der Waals surface area contributed by atoms with Crippen LogP contribution < -0.4 is 11.1 Å². The van der Waals surface area contributed by atoms with Crippen molar-refractivity contribution in [1.29, 1.82) is 0 Å². The molecule has 2 aromatic rings. The van der Waals surface area contributed by atoms with E-state index in [2.05, 4.69) is 10.3 Å². The van der Waals surface area contributed by atoms with E-state index in [1.807, 2.05) is 37.4 Å². The van der Waals surface area contributed by atoms with Crippen LogP contribution in [0.5, 0.6) is 0 Å². The zero-order valence-corrected chi connectivity index (χ0v) is 9.68. The number of hydrogen-bond acceptors (Lipinski definition) is 3. The summed E-state index contributed by atoms with van der Waals surface area (Å²) in [5.74, 6) is -0.310. The number of pyridine rings is 1. The average molecular weight is 229 g/mol. The molecule has 3 N–H and O–H groups in total. The molecular weight excluding hydrogens is 214 g/mol. The minimum Gasteiger partial charge on any atom is -0.370 e. The first kappa shape index (κ1) is 11.5. The van der Waals surface area contributed by atoms with Crippen LogP contribution in [0.3, 0.4) is 0 Å². The fraction of sp³-hybridized carbons (Fsp3) is 0.231. The summed E-state index contributed by atoms with van der Waals surface area (Å²) in [5, 5.41) is 4.16. The third kappa shape index (κ3) is 2.60. The summed E-state index contributed by atoms with van der Waals surface area (Å²) in [6, 6.07) is 9.82. The van der Waals surface area contributed by atoms with E-state index in [0.717, 1.165) is 16.5 Å². The van der Waals surface area contributed by atoms with Crippen molar-refractivity contribution in [3.63, 3.8) is 0 Å². The lowest BCUT2D eigenvalue weighted by Crippen LogP contribution is -2.23. The van der Waals surface area contributed by atoms with E-state index in [1.54, 1.807) is 6.20 Å². The van der Waals surface area contributed by atoms with Crippen LogP contribution in [-0.2, 0) is 4.79 Å². The molecule has 0 fully saturated rings. The number of carbonyl (C=O) groups excluding carboxylic acids is 1. The van der Waals surface area contributed by atoms with Crippen LogP contribution in [0.2, 0.25) is 0 Å². The van der Waals surface area contributed by atoms with Crippen LogP contribution in [0.15, 0.2) is 36.5 Å². The summed E-state index contributed by atoms with van der Waals surface area (Å²) < 4.78 is 0. The molecule has 88 valence electrons. The Morgan fingerprint density at radius 1 is 1.47 bits per heavy atom.